The summed E-state index contributed by atoms with van der Waals surface area (Å²) in [7, 11) is 1.84. The fourth-order valence-electron chi connectivity index (χ4n) is 3.89. The summed E-state index contributed by atoms with van der Waals surface area (Å²) in [6, 6.07) is 9.78. The highest BCUT2D eigenvalue weighted by molar-refractivity contribution is 6.05. The van der Waals surface area contributed by atoms with E-state index in [2.05, 4.69) is 15.1 Å². The van der Waals surface area contributed by atoms with Crippen LogP contribution in [-0.2, 0) is 11.3 Å². The van der Waals surface area contributed by atoms with Gasteiger partial charge in [-0.1, -0.05) is 24.3 Å². The summed E-state index contributed by atoms with van der Waals surface area (Å²) in [4.78, 5) is 37.6. The van der Waals surface area contributed by atoms with E-state index < -0.39 is 0 Å². The highest BCUT2D eigenvalue weighted by Crippen LogP contribution is 2.21. The van der Waals surface area contributed by atoms with Crippen LogP contribution in [0.1, 0.15) is 29.8 Å². The second-order valence-corrected chi connectivity index (χ2v) is 7.36. The molecule has 1 saturated heterocycles. The zero-order valence-corrected chi connectivity index (χ0v) is 16.4. The molecule has 0 unspecified atom stereocenters. The van der Waals surface area contributed by atoms with Gasteiger partial charge >= 0.3 is 0 Å². The molecule has 3 heterocycles. The standard InChI is InChI=1S/C21H24N6O2/c1-25(21(29)20-18-7-3-2-5-16(18)8-10-23-20)17-6-4-11-26(12-9-17)19(28)13-27-15-22-14-24-27/h2-3,5,7-8,10,14-15,17H,4,6,9,11-13H2,1H3/t17-/m0/s1. The van der Waals surface area contributed by atoms with E-state index >= 15 is 0 Å². The molecule has 0 bridgehead atoms. The first-order valence-corrected chi connectivity index (χ1v) is 9.84. The quantitative estimate of drug-likeness (QED) is 0.678. The fraction of sp³-hybridized carbons (Fsp3) is 0.381. The number of rotatable bonds is 4. The molecular weight excluding hydrogens is 368 g/mol. The van der Waals surface area contributed by atoms with Gasteiger partial charge in [-0.3, -0.25) is 14.6 Å². The van der Waals surface area contributed by atoms with Crippen molar-refractivity contribution in [3.63, 3.8) is 0 Å². The number of hydrogen-bond acceptors (Lipinski definition) is 5. The number of fused-ring (bicyclic) bond motifs is 1. The van der Waals surface area contributed by atoms with Crippen LogP contribution in [0.15, 0.2) is 49.2 Å². The van der Waals surface area contributed by atoms with Crippen LogP contribution in [0.5, 0.6) is 0 Å². The van der Waals surface area contributed by atoms with Crippen LogP contribution in [0.2, 0.25) is 0 Å². The Morgan fingerprint density at radius 3 is 2.86 bits per heavy atom. The first-order chi connectivity index (χ1) is 14.1. The third-order valence-electron chi connectivity index (χ3n) is 5.56. The Morgan fingerprint density at radius 2 is 2.03 bits per heavy atom. The molecule has 0 saturated carbocycles. The molecule has 2 aromatic heterocycles. The number of carbonyl (C=O) groups is 2. The number of hydrogen-bond donors (Lipinski definition) is 0. The molecule has 0 spiro atoms. The Balaban J connectivity index is 1.43. The predicted octanol–water partition coefficient (Wildman–Crippen LogP) is 1.98. The number of likely N-dealkylation sites (tertiary alicyclic amines) is 1. The van der Waals surface area contributed by atoms with Crippen molar-refractivity contribution in [2.24, 2.45) is 0 Å². The van der Waals surface area contributed by atoms with Crippen molar-refractivity contribution in [3.05, 3.63) is 54.9 Å². The van der Waals surface area contributed by atoms with Crippen molar-refractivity contribution in [3.8, 4) is 0 Å². The van der Waals surface area contributed by atoms with Crippen molar-refractivity contribution < 1.29 is 9.59 Å². The molecule has 150 valence electrons. The normalized spacial score (nSPS) is 17.1. The lowest BCUT2D eigenvalue weighted by Gasteiger charge is -2.27. The van der Waals surface area contributed by atoms with Crippen LogP contribution in [-0.4, -0.2) is 67.5 Å². The smallest absolute Gasteiger partial charge is 0.273 e. The van der Waals surface area contributed by atoms with E-state index in [-0.39, 0.29) is 24.4 Å². The molecule has 0 aliphatic carbocycles. The lowest BCUT2D eigenvalue weighted by atomic mass is 10.1. The maximum absolute atomic E-state index is 13.2. The first kappa shape index (κ1) is 19.0. The predicted molar refractivity (Wildman–Crippen MR) is 108 cm³/mol. The van der Waals surface area contributed by atoms with E-state index in [1.165, 1.54) is 11.0 Å². The average molecular weight is 392 g/mol. The molecule has 8 heteroatoms. The molecule has 0 N–H and O–H groups in total. The van der Waals surface area contributed by atoms with Gasteiger partial charge in [-0.25, -0.2) is 9.67 Å². The molecule has 4 rings (SSSR count). The van der Waals surface area contributed by atoms with Crippen molar-refractivity contribution in [1.82, 2.24) is 29.5 Å². The molecule has 1 aliphatic heterocycles. The summed E-state index contributed by atoms with van der Waals surface area (Å²) < 4.78 is 1.53. The van der Waals surface area contributed by atoms with Crippen LogP contribution in [0.3, 0.4) is 0 Å². The number of amides is 2. The van der Waals surface area contributed by atoms with Gasteiger partial charge in [0.15, 0.2) is 0 Å². The summed E-state index contributed by atoms with van der Waals surface area (Å²) in [6.07, 6.45) is 7.11. The summed E-state index contributed by atoms with van der Waals surface area (Å²) >= 11 is 0. The van der Waals surface area contributed by atoms with Crippen LogP contribution >= 0.6 is 0 Å². The van der Waals surface area contributed by atoms with E-state index in [0.29, 0.717) is 18.8 Å². The molecule has 29 heavy (non-hydrogen) atoms. The van der Waals surface area contributed by atoms with E-state index in [0.717, 1.165) is 30.0 Å². The Labute approximate surface area is 169 Å². The zero-order valence-electron chi connectivity index (χ0n) is 16.4. The molecule has 8 nitrogen and oxygen atoms in total. The van der Waals surface area contributed by atoms with Gasteiger partial charge in [-0.2, -0.15) is 5.10 Å². The highest BCUT2D eigenvalue weighted by atomic mass is 16.2. The molecule has 2 amide bonds. The SMILES string of the molecule is CN(C(=O)c1nccc2ccccc12)[C@H]1CCCN(C(=O)Cn2cncn2)CC1. The van der Waals surface area contributed by atoms with Crippen molar-refractivity contribution in [2.75, 3.05) is 20.1 Å². The summed E-state index contributed by atoms with van der Waals surface area (Å²) in [5.41, 5.74) is 0.481. The monoisotopic (exact) mass is 392 g/mol. The zero-order chi connectivity index (χ0) is 20.2. The van der Waals surface area contributed by atoms with E-state index in [9.17, 15) is 9.59 Å². The minimum atomic E-state index is -0.0748. The topological polar surface area (TPSA) is 84.2 Å². The minimum absolute atomic E-state index is 0.0286. The van der Waals surface area contributed by atoms with Gasteiger partial charge in [0.25, 0.3) is 5.91 Å². The number of pyridine rings is 1. The summed E-state index contributed by atoms with van der Waals surface area (Å²) in [6.45, 7) is 1.51. The van der Waals surface area contributed by atoms with Crippen LogP contribution in [0.25, 0.3) is 10.8 Å². The molecule has 3 aromatic rings. The largest absolute Gasteiger partial charge is 0.341 e. The number of nitrogens with zero attached hydrogens (tertiary/aromatic N) is 6. The molecule has 1 aromatic carbocycles. The molecule has 0 radical (unpaired) electrons. The van der Waals surface area contributed by atoms with Crippen LogP contribution in [0.4, 0.5) is 0 Å². The number of carbonyl (C=O) groups excluding carboxylic acids is 2. The first-order valence-electron chi connectivity index (χ1n) is 9.84. The van der Waals surface area contributed by atoms with Gasteiger partial charge in [0.1, 0.15) is 24.9 Å². The van der Waals surface area contributed by atoms with Crippen molar-refractivity contribution >= 4 is 22.6 Å². The van der Waals surface area contributed by atoms with Crippen molar-refractivity contribution in [2.45, 2.75) is 31.8 Å². The van der Waals surface area contributed by atoms with Gasteiger partial charge in [0.05, 0.1) is 0 Å². The lowest BCUT2D eigenvalue weighted by molar-refractivity contribution is -0.132. The Hall–Kier alpha value is -3.29. The summed E-state index contributed by atoms with van der Waals surface area (Å²) in [5.74, 6) is -0.0463. The van der Waals surface area contributed by atoms with Crippen LogP contribution in [0, 0.1) is 0 Å². The van der Waals surface area contributed by atoms with Gasteiger partial charge in [0, 0.05) is 37.8 Å². The molecule has 1 atom stereocenters. The second-order valence-electron chi connectivity index (χ2n) is 7.36. The Kier molecular flexibility index (Phi) is 5.50. The maximum atomic E-state index is 13.2. The molecule has 1 fully saturated rings. The van der Waals surface area contributed by atoms with E-state index in [4.69, 9.17) is 0 Å². The average Bonchev–Trinajstić information content (AvgIpc) is 3.13. The van der Waals surface area contributed by atoms with Gasteiger partial charge in [0.2, 0.25) is 5.91 Å². The number of benzene rings is 1. The van der Waals surface area contributed by atoms with Crippen LogP contribution < -0.4 is 0 Å². The minimum Gasteiger partial charge on any atom is -0.341 e. The summed E-state index contributed by atoms with van der Waals surface area (Å²) in [5, 5.41) is 5.87. The van der Waals surface area contributed by atoms with Gasteiger partial charge < -0.3 is 9.80 Å². The van der Waals surface area contributed by atoms with E-state index in [1.54, 1.807) is 17.4 Å². The van der Waals surface area contributed by atoms with Crippen molar-refractivity contribution in [1.29, 1.82) is 0 Å². The van der Waals surface area contributed by atoms with E-state index in [1.807, 2.05) is 42.3 Å². The third kappa shape index (κ3) is 4.11. The lowest BCUT2D eigenvalue weighted by Crippen LogP contribution is -2.39. The number of aromatic nitrogens is 4. The Morgan fingerprint density at radius 1 is 1.17 bits per heavy atom. The fourth-order valence-corrected chi connectivity index (χ4v) is 3.89. The molecular formula is C21H24N6O2. The highest BCUT2D eigenvalue weighted by Gasteiger charge is 2.27. The molecule has 1 aliphatic rings. The third-order valence-corrected chi connectivity index (χ3v) is 5.56. The van der Waals surface area contributed by atoms with Gasteiger partial charge in [-0.05, 0) is 30.7 Å². The Bertz CT molecular complexity index is 998. The van der Waals surface area contributed by atoms with Gasteiger partial charge in [-0.15, -0.1) is 0 Å². The second kappa shape index (κ2) is 8.38. The maximum Gasteiger partial charge on any atom is 0.273 e.